The van der Waals surface area contributed by atoms with Crippen molar-refractivity contribution in [2.45, 2.75) is 38.1 Å². The fourth-order valence-electron chi connectivity index (χ4n) is 2.16. The van der Waals surface area contributed by atoms with Crippen LogP contribution in [-0.4, -0.2) is 12.1 Å². The van der Waals surface area contributed by atoms with Gasteiger partial charge in [-0.1, -0.05) is 37.0 Å². The van der Waals surface area contributed by atoms with Crippen molar-refractivity contribution in [2.75, 3.05) is 6.54 Å². The Morgan fingerprint density at radius 3 is 2.56 bits per heavy atom. The van der Waals surface area contributed by atoms with E-state index < -0.39 is 0 Å². The minimum absolute atomic E-state index is 0.408. The maximum atomic E-state index is 3.58. The summed E-state index contributed by atoms with van der Waals surface area (Å²) >= 11 is 0. The van der Waals surface area contributed by atoms with Crippen molar-refractivity contribution < 1.29 is 0 Å². The predicted octanol–water partition coefficient (Wildman–Crippen LogP) is 2.96. The van der Waals surface area contributed by atoms with Crippen LogP contribution in [0.2, 0.25) is 0 Å². The first kappa shape index (κ1) is 11.2. The summed E-state index contributed by atoms with van der Waals surface area (Å²) in [6.45, 7) is 3.07. The van der Waals surface area contributed by atoms with E-state index in [0.717, 1.165) is 12.1 Å². The van der Waals surface area contributed by atoms with E-state index in [1.165, 1.54) is 25.7 Å². The molecule has 1 nitrogen and oxygen atoms in total. The van der Waals surface area contributed by atoms with Crippen LogP contribution in [0.25, 0.3) is 0 Å². The van der Waals surface area contributed by atoms with Gasteiger partial charge < -0.3 is 5.32 Å². The zero-order valence-electron chi connectivity index (χ0n) is 9.92. The normalized spacial score (nSPS) is 17.1. The van der Waals surface area contributed by atoms with E-state index in [9.17, 15) is 0 Å². The Morgan fingerprint density at radius 1 is 1.25 bits per heavy atom. The Labute approximate surface area is 98.3 Å². The lowest BCUT2D eigenvalue weighted by molar-refractivity contribution is 0.185. The molecular formula is C15H19N. The molecule has 2 rings (SSSR count). The second-order valence-electron chi connectivity index (χ2n) is 4.51. The number of rotatable bonds is 3. The average Bonchev–Trinajstić information content (AvgIpc) is 2.29. The summed E-state index contributed by atoms with van der Waals surface area (Å²) in [5.74, 6) is 6.38. The van der Waals surface area contributed by atoms with Gasteiger partial charge in [0, 0.05) is 11.1 Å². The van der Waals surface area contributed by atoms with E-state index in [1.54, 1.807) is 0 Å². The fourth-order valence-corrected chi connectivity index (χ4v) is 2.16. The smallest absolute Gasteiger partial charge is 0.0584 e. The Kier molecular flexibility index (Phi) is 3.64. The topological polar surface area (TPSA) is 12.0 Å². The molecule has 16 heavy (non-hydrogen) atoms. The largest absolute Gasteiger partial charge is 0.301 e. The van der Waals surface area contributed by atoms with Gasteiger partial charge in [0.25, 0.3) is 0 Å². The zero-order chi connectivity index (χ0) is 11.3. The molecule has 0 atom stereocenters. The first-order valence-corrected chi connectivity index (χ1v) is 6.14. The van der Waals surface area contributed by atoms with E-state index >= 15 is 0 Å². The molecule has 0 radical (unpaired) electrons. The first-order chi connectivity index (χ1) is 7.85. The van der Waals surface area contributed by atoms with Crippen molar-refractivity contribution in [3.05, 3.63) is 35.9 Å². The minimum atomic E-state index is 0.408. The molecule has 1 aliphatic carbocycles. The third-order valence-corrected chi connectivity index (χ3v) is 3.55. The summed E-state index contributed by atoms with van der Waals surface area (Å²) in [5, 5.41) is 3.58. The number of nitrogens with one attached hydrogen (secondary N) is 1. The molecule has 84 valence electrons. The van der Waals surface area contributed by atoms with Gasteiger partial charge >= 0.3 is 0 Å². The van der Waals surface area contributed by atoms with Gasteiger partial charge in [0.1, 0.15) is 0 Å². The summed E-state index contributed by atoms with van der Waals surface area (Å²) in [5.41, 5.74) is 1.51. The molecule has 0 spiro atoms. The summed E-state index contributed by atoms with van der Waals surface area (Å²) in [4.78, 5) is 0. The van der Waals surface area contributed by atoms with Gasteiger partial charge in [0.15, 0.2) is 0 Å². The van der Waals surface area contributed by atoms with Crippen LogP contribution in [0.1, 0.15) is 38.2 Å². The molecule has 0 saturated heterocycles. The highest BCUT2D eigenvalue weighted by molar-refractivity contribution is 5.33. The number of hydrogen-bond donors (Lipinski definition) is 1. The maximum Gasteiger partial charge on any atom is 0.0584 e. The van der Waals surface area contributed by atoms with Crippen molar-refractivity contribution in [1.82, 2.24) is 5.32 Å². The van der Waals surface area contributed by atoms with Crippen molar-refractivity contribution in [3.63, 3.8) is 0 Å². The van der Waals surface area contributed by atoms with E-state index in [-0.39, 0.29) is 0 Å². The summed E-state index contributed by atoms with van der Waals surface area (Å²) in [6.07, 6.45) is 5.22. The molecule has 0 amide bonds. The predicted molar refractivity (Wildman–Crippen MR) is 68.2 cm³/mol. The average molecular weight is 213 g/mol. The molecule has 0 aromatic heterocycles. The first-order valence-electron chi connectivity index (χ1n) is 6.14. The molecule has 0 aliphatic heterocycles. The number of benzene rings is 1. The lowest BCUT2D eigenvalue weighted by Crippen LogP contribution is -2.50. The van der Waals surface area contributed by atoms with E-state index in [4.69, 9.17) is 0 Å². The molecule has 1 heteroatoms. The molecule has 1 aliphatic rings. The third kappa shape index (κ3) is 2.65. The minimum Gasteiger partial charge on any atom is -0.301 e. The number of hydrogen-bond acceptors (Lipinski definition) is 1. The monoisotopic (exact) mass is 213 g/mol. The molecule has 1 aromatic carbocycles. The van der Waals surface area contributed by atoms with Crippen LogP contribution < -0.4 is 5.32 Å². The Balaban J connectivity index is 1.82. The summed E-state index contributed by atoms with van der Waals surface area (Å²) < 4.78 is 0. The zero-order valence-corrected chi connectivity index (χ0v) is 9.92. The second-order valence-corrected chi connectivity index (χ2v) is 4.51. The fraction of sp³-hybridized carbons (Fsp3) is 0.467. The quantitative estimate of drug-likeness (QED) is 0.761. The molecule has 0 bridgehead atoms. The molecular weight excluding hydrogens is 194 g/mol. The Bertz CT molecular complexity index is 373. The van der Waals surface area contributed by atoms with Gasteiger partial charge in [0.2, 0.25) is 0 Å². The summed E-state index contributed by atoms with van der Waals surface area (Å²) in [6, 6.07) is 10.2. The molecule has 0 unspecified atom stereocenters. The lowest BCUT2D eigenvalue weighted by Gasteiger charge is -2.41. The van der Waals surface area contributed by atoms with Gasteiger partial charge in [-0.15, -0.1) is 0 Å². The van der Waals surface area contributed by atoms with Gasteiger partial charge in [-0.05, 0) is 37.8 Å². The van der Waals surface area contributed by atoms with Crippen LogP contribution in [0.4, 0.5) is 0 Å². The Morgan fingerprint density at radius 2 is 2.00 bits per heavy atom. The van der Waals surface area contributed by atoms with Crippen LogP contribution in [0.15, 0.2) is 30.3 Å². The lowest BCUT2D eigenvalue weighted by atomic mass is 9.75. The van der Waals surface area contributed by atoms with Crippen LogP contribution in [-0.2, 0) is 0 Å². The van der Waals surface area contributed by atoms with Gasteiger partial charge in [0.05, 0.1) is 6.54 Å². The van der Waals surface area contributed by atoms with Crippen LogP contribution in [0.3, 0.4) is 0 Å². The second kappa shape index (κ2) is 5.18. The van der Waals surface area contributed by atoms with Crippen LogP contribution in [0, 0.1) is 11.8 Å². The van der Waals surface area contributed by atoms with E-state index in [0.29, 0.717) is 5.54 Å². The highest BCUT2D eigenvalue weighted by atomic mass is 15.0. The van der Waals surface area contributed by atoms with Crippen molar-refractivity contribution >= 4 is 0 Å². The van der Waals surface area contributed by atoms with Gasteiger partial charge in [-0.2, -0.15) is 0 Å². The highest BCUT2D eigenvalue weighted by Crippen LogP contribution is 2.34. The van der Waals surface area contributed by atoms with Gasteiger partial charge in [-0.3, -0.25) is 0 Å². The van der Waals surface area contributed by atoms with E-state index in [1.807, 2.05) is 30.3 Å². The highest BCUT2D eigenvalue weighted by Gasteiger charge is 2.33. The molecule has 1 aromatic rings. The Hall–Kier alpha value is -1.26. The standard InChI is InChI=1S/C15H19N/c1-2-15(11-7-12-15)16-13-6-10-14-8-4-3-5-9-14/h3-5,8-9,16H,2,7,11-13H2,1H3. The van der Waals surface area contributed by atoms with E-state index in [2.05, 4.69) is 24.1 Å². The molecule has 1 N–H and O–H groups in total. The van der Waals surface area contributed by atoms with Crippen molar-refractivity contribution in [1.29, 1.82) is 0 Å². The SMILES string of the molecule is CCC1(NCC#Cc2ccccc2)CCC1. The maximum absolute atomic E-state index is 3.58. The van der Waals surface area contributed by atoms with Crippen LogP contribution >= 0.6 is 0 Å². The third-order valence-electron chi connectivity index (χ3n) is 3.55. The molecule has 1 saturated carbocycles. The molecule has 1 fully saturated rings. The molecule has 0 heterocycles. The summed E-state index contributed by atoms with van der Waals surface area (Å²) in [7, 11) is 0. The van der Waals surface area contributed by atoms with Crippen LogP contribution in [0.5, 0.6) is 0 Å². The van der Waals surface area contributed by atoms with Crippen molar-refractivity contribution in [3.8, 4) is 11.8 Å². The van der Waals surface area contributed by atoms with Gasteiger partial charge in [-0.25, -0.2) is 0 Å². The van der Waals surface area contributed by atoms with Crippen molar-refractivity contribution in [2.24, 2.45) is 0 Å².